The number of fused-ring (bicyclic) bond motifs is 1. The summed E-state index contributed by atoms with van der Waals surface area (Å²) in [4.78, 5) is 16.9. The number of nitrogens with one attached hydrogen (secondary N) is 1. The molecule has 0 aliphatic rings. The van der Waals surface area contributed by atoms with Crippen LogP contribution in [0.5, 0.6) is 0 Å². The first-order chi connectivity index (χ1) is 16.1. The van der Waals surface area contributed by atoms with Crippen molar-refractivity contribution in [2.24, 2.45) is 0 Å². The zero-order chi connectivity index (χ0) is 22.6. The topological polar surface area (TPSA) is 85.8 Å². The van der Waals surface area contributed by atoms with E-state index in [1.807, 2.05) is 85.9 Å². The molecule has 0 unspecified atom stereocenters. The number of benzene rings is 3. The highest BCUT2D eigenvalue weighted by Crippen LogP contribution is 2.25. The number of hydrogen-bond donors (Lipinski definition) is 1. The second kappa shape index (κ2) is 9.30. The predicted molar refractivity (Wildman–Crippen MR) is 128 cm³/mol. The smallest absolute Gasteiger partial charge is 0.257 e. The average Bonchev–Trinajstić information content (AvgIpc) is 3.46. The monoisotopic (exact) mass is 455 g/mol. The lowest BCUT2D eigenvalue weighted by molar-refractivity contribution is 0.102. The molecular formula is C25H21N5O2S. The standard InChI is InChI=1S/C25H21N5O2S/c1-17-6-12-20(13-7-17)26-24(31)19-10-8-18(9-11-19)14-30-15-21(28-29-30)16-33-25-27-22-4-2-3-5-23(22)32-25/h2-13,15H,14,16H2,1H3,(H,26,31). The third-order valence-corrected chi connectivity index (χ3v) is 5.94. The van der Waals surface area contributed by atoms with Gasteiger partial charge in [-0.2, -0.15) is 0 Å². The van der Waals surface area contributed by atoms with Crippen LogP contribution in [0, 0.1) is 6.92 Å². The zero-order valence-corrected chi connectivity index (χ0v) is 18.7. The molecule has 164 valence electrons. The number of amides is 1. The summed E-state index contributed by atoms with van der Waals surface area (Å²) in [7, 11) is 0. The highest BCUT2D eigenvalue weighted by atomic mass is 32.2. The molecule has 1 N–H and O–H groups in total. The first-order valence-electron chi connectivity index (χ1n) is 10.5. The average molecular weight is 456 g/mol. The Kier molecular flexibility index (Phi) is 5.91. The van der Waals surface area contributed by atoms with Gasteiger partial charge in [0.2, 0.25) is 0 Å². The van der Waals surface area contributed by atoms with Gasteiger partial charge in [-0.25, -0.2) is 9.67 Å². The van der Waals surface area contributed by atoms with Crippen molar-refractivity contribution in [1.29, 1.82) is 0 Å². The molecule has 0 aliphatic heterocycles. The van der Waals surface area contributed by atoms with Crippen molar-refractivity contribution in [3.05, 3.63) is 101 Å². The number of rotatable bonds is 7. The summed E-state index contributed by atoms with van der Waals surface area (Å²) >= 11 is 1.49. The minimum absolute atomic E-state index is 0.135. The fourth-order valence-corrected chi connectivity index (χ4v) is 4.03. The van der Waals surface area contributed by atoms with Crippen LogP contribution in [0.3, 0.4) is 0 Å². The summed E-state index contributed by atoms with van der Waals surface area (Å²) in [5.74, 6) is 0.481. The Balaban J connectivity index is 1.17. The lowest BCUT2D eigenvalue weighted by Gasteiger charge is -2.07. The Morgan fingerprint density at radius 3 is 2.61 bits per heavy atom. The number of thioether (sulfide) groups is 1. The van der Waals surface area contributed by atoms with Crippen LogP contribution in [0.4, 0.5) is 5.69 Å². The van der Waals surface area contributed by atoms with Crippen molar-refractivity contribution < 1.29 is 9.21 Å². The summed E-state index contributed by atoms with van der Waals surface area (Å²) in [6.45, 7) is 2.58. The predicted octanol–water partition coefficient (Wildman–Crippen LogP) is 5.32. The second-order valence-electron chi connectivity index (χ2n) is 7.66. The molecule has 0 aliphatic carbocycles. The van der Waals surface area contributed by atoms with Crippen LogP contribution in [0.25, 0.3) is 11.1 Å². The Labute approximate surface area is 194 Å². The number of carbonyl (C=O) groups excluding carboxylic acids is 1. The van der Waals surface area contributed by atoms with Crippen molar-refractivity contribution in [3.8, 4) is 0 Å². The van der Waals surface area contributed by atoms with E-state index in [9.17, 15) is 4.79 Å². The minimum atomic E-state index is -0.135. The molecule has 0 spiro atoms. The van der Waals surface area contributed by atoms with Gasteiger partial charge in [0.1, 0.15) is 5.52 Å². The fraction of sp³-hybridized carbons (Fsp3) is 0.120. The highest BCUT2D eigenvalue weighted by molar-refractivity contribution is 7.98. The number of carbonyl (C=O) groups is 1. The number of aryl methyl sites for hydroxylation is 1. The number of para-hydroxylation sites is 2. The molecular weight excluding hydrogens is 434 g/mol. The van der Waals surface area contributed by atoms with E-state index in [1.54, 1.807) is 4.68 Å². The van der Waals surface area contributed by atoms with E-state index in [2.05, 4.69) is 20.6 Å². The van der Waals surface area contributed by atoms with Gasteiger partial charge in [0.25, 0.3) is 11.1 Å². The molecule has 0 saturated heterocycles. The molecule has 3 aromatic carbocycles. The van der Waals surface area contributed by atoms with E-state index < -0.39 is 0 Å². The minimum Gasteiger partial charge on any atom is -0.431 e. The van der Waals surface area contributed by atoms with Crippen LogP contribution >= 0.6 is 11.8 Å². The summed E-state index contributed by atoms with van der Waals surface area (Å²) in [5.41, 5.74) is 6.04. The van der Waals surface area contributed by atoms with Crippen LogP contribution in [-0.4, -0.2) is 25.9 Å². The van der Waals surface area contributed by atoms with Crippen molar-refractivity contribution in [2.75, 3.05) is 5.32 Å². The first kappa shape index (κ1) is 21.0. The molecule has 33 heavy (non-hydrogen) atoms. The third-order valence-electron chi connectivity index (χ3n) is 5.07. The molecule has 1 amide bonds. The van der Waals surface area contributed by atoms with Crippen molar-refractivity contribution in [2.45, 2.75) is 24.4 Å². The van der Waals surface area contributed by atoms with Crippen LogP contribution < -0.4 is 5.32 Å². The van der Waals surface area contributed by atoms with Gasteiger partial charge in [-0.1, -0.05) is 58.9 Å². The molecule has 2 heterocycles. The van der Waals surface area contributed by atoms with E-state index in [0.29, 0.717) is 23.1 Å². The lowest BCUT2D eigenvalue weighted by Crippen LogP contribution is -2.12. The van der Waals surface area contributed by atoms with Gasteiger partial charge in [0.15, 0.2) is 5.58 Å². The van der Waals surface area contributed by atoms with Gasteiger partial charge in [-0.05, 0) is 48.9 Å². The van der Waals surface area contributed by atoms with Gasteiger partial charge >= 0.3 is 0 Å². The number of oxazole rings is 1. The van der Waals surface area contributed by atoms with Crippen molar-refractivity contribution in [3.63, 3.8) is 0 Å². The molecule has 0 fully saturated rings. The SMILES string of the molecule is Cc1ccc(NC(=O)c2ccc(Cn3cc(CSc4nc5ccccc5o4)nn3)cc2)cc1. The maximum absolute atomic E-state index is 12.5. The summed E-state index contributed by atoms with van der Waals surface area (Å²) in [6, 6.07) is 22.9. The number of nitrogens with zero attached hydrogens (tertiary/aromatic N) is 4. The number of anilines is 1. The van der Waals surface area contributed by atoms with Gasteiger partial charge in [-0.3, -0.25) is 4.79 Å². The first-order valence-corrected chi connectivity index (χ1v) is 11.5. The van der Waals surface area contributed by atoms with Gasteiger partial charge in [-0.15, -0.1) is 5.10 Å². The Morgan fingerprint density at radius 2 is 1.82 bits per heavy atom. The van der Waals surface area contributed by atoms with Crippen molar-refractivity contribution in [1.82, 2.24) is 20.0 Å². The van der Waals surface area contributed by atoms with Gasteiger partial charge < -0.3 is 9.73 Å². The number of aromatic nitrogens is 4. The zero-order valence-electron chi connectivity index (χ0n) is 17.9. The Bertz CT molecular complexity index is 1360. The summed E-state index contributed by atoms with van der Waals surface area (Å²) < 4.78 is 7.51. The van der Waals surface area contributed by atoms with E-state index in [-0.39, 0.29) is 5.91 Å². The molecule has 0 atom stereocenters. The van der Waals surface area contributed by atoms with Gasteiger partial charge in [0, 0.05) is 23.2 Å². The van der Waals surface area contributed by atoms with Crippen LogP contribution in [0.2, 0.25) is 0 Å². The maximum atomic E-state index is 12.5. The largest absolute Gasteiger partial charge is 0.431 e. The molecule has 2 aromatic heterocycles. The molecule has 0 bridgehead atoms. The van der Waals surface area contributed by atoms with Gasteiger partial charge in [0.05, 0.1) is 12.2 Å². The molecule has 0 saturated carbocycles. The maximum Gasteiger partial charge on any atom is 0.257 e. The summed E-state index contributed by atoms with van der Waals surface area (Å²) in [6.07, 6.45) is 1.91. The number of hydrogen-bond acceptors (Lipinski definition) is 6. The lowest BCUT2D eigenvalue weighted by atomic mass is 10.1. The van der Waals surface area contributed by atoms with Crippen molar-refractivity contribution >= 4 is 34.5 Å². The Hall–Kier alpha value is -3.91. The van der Waals surface area contributed by atoms with E-state index in [1.165, 1.54) is 11.8 Å². The Morgan fingerprint density at radius 1 is 1.03 bits per heavy atom. The van der Waals surface area contributed by atoms with Crippen LogP contribution in [-0.2, 0) is 12.3 Å². The van der Waals surface area contributed by atoms with E-state index >= 15 is 0 Å². The van der Waals surface area contributed by atoms with Crippen LogP contribution in [0.1, 0.15) is 27.2 Å². The van der Waals surface area contributed by atoms with E-state index in [4.69, 9.17) is 4.42 Å². The molecule has 5 rings (SSSR count). The molecule has 7 nitrogen and oxygen atoms in total. The third kappa shape index (κ3) is 5.12. The highest BCUT2D eigenvalue weighted by Gasteiger charge is 2.09. The normalized spacial score (nSPS) is 11.1. The van der Waals surface area contributed by atoms with Crippen LogP contribution in [0.15, 0.2) is 88.6 Å². The second-order valence-corrected chi connectivity index (χ2v) is 8.59. The quantitative estimate of drug-likeness (QED) is 0.334. The fourth-order valence-electron chi connectivity index (χ4n) is 3.32. The molecule has 8 heteroatoms. The molecule has 0 radical (unpaired) electrons. The van der Waals surface area contributed by atoms with E-state index in [0.717, 1.165) is 33.6 Å². The summed E-state index contributed by atoms with van der Waals surface area (Å²) in [5, 5.41) is 12.0. The molecule has 5 aromatic rings.